The van der Waals surface area contributed by atoms with Crippen molar-refractivity contribution in [2.75, 3.05) is 20.3 Å². The molecule has 1 N–H and O–H groups in total. The molecule has 1 amide bonds. The summed E-state index contributed by atoms with van der Waals surface area (Å²) in [6, 6.07) is 2.37. The van der Waals surface area contributed by atoms with E-state index >= 15 is 0 Å². The zero-order valence-electron chi connectivity index (χ0n) is 15.7. The van der Waals surface area contributed by atoms with Crippen LogP contribution in [0.4, 0.5) is 8.78 Å². The van der Waals surface area contributed by atoms with Gasteiger partial charge in [0.15, 0.2) is 0 Å². The van der Waals surface area contributed by atoms with Gasteiger partial charge in [0.05, 0.1) is 19.3 Å². The molecule has 2 aromatic heterocycles. The van der Waals surface area contributed by atoms with Crippen LogP contribution in [0.15, 0.2) is 30.9 Å². The molecule has 2 aromatic rings. The second-order valence-electron chi connectivity index (χ2n) is 6.73. The number of carbonyl (C=O) groups is 1. The average molecular weight is 394 g/mol. The first-order chi connectivity index (χ1) is 13.6. The fourth-order valence-corrected chi connectivity index (χ4v) is 3.24. The number of amides is 1. The maximum absolute atomic E-state index is 13.3. The van der Waals surface area contributed by atoms with E-state index < -0.39 is 12.3 Å². The van der Waals surface area contributed by atoms with Crippen LogP contribution in [0, 0.1) is 0 Å². The van der Waals surface area contributed by atoms with Gasteiger partial charge < -0.3 is 14.8 Å². The van der Waals surface area contributed by atoms with Gasteiger partial charge >= 0.3 is 0 Å². The van der Waals surface area contributed by atoms with Crippen molar-refractivity contribution < 1.29 is 23.0 Å². The summed E-state index contributed by atoms with van der Waals surface area (Å²) in [7, 11) is 1.63. The number of hydrogen-bond donors (Lipinski definition) is 1. The van der Waals surface area contributed by atoms with E-state index in [2.05, 4.69) is 15.3 Å². The van der Waals surface area contributed by atoms with Gasteiger partial charge in [-0.2, -0.15) is 0 Å². The molecule has 1 saturated carbocycles. The van der Waals surface area contributed by atoms with E-state index in [1.54, 1.807) is 13.3 Å². The fraction of sp³-hybridized carbons (Fsp3) is 0.526. The largest absolute Gasteiger partial charge is 0.382 e. The maximum atomic E-state index is 13.3. The van der Waals surface area contributed by atoms with Gasteiger partial charge in [-0.3, -0.25) is 9.36 Å². The van der Waals surface area contributed by atoms with Crippen LogP contribution in [-0.4, -0.2) is 52.9 Å². The molecule has 0 spiro atoms. The molecular formula is C19H24F2N4O3. The van der Waals surface area contributed by atoms with E-state index in [1.807, 2.05) is 0 Å². The Kier molecular flexibility index (Phi) is 7.05. The van der Waals surface area contributed by atoms with E-state index in [-0.39, 0.29) is 29.2 Å². The topological polar surface area (TPSA) is 78.3 Å². The van der Waals surface area contributed by atoms with Gasteiger partial charge in [0.25, 0.3) is 12.3 Å². The Morgan fingerprint density at radius 1 is 1.29 bits per heavy atom. The summed E-state index contributed by atoms with van der Waals surface area (Å²) >= 11 is 0. The molecule has 3 rings (SSSR count). The van der Waals surface area contributed by atoms with Crippen molar-refractivity contribution in [2.24, 2.45) is 0 Å². The number of pyridine rings is 1. The molecule has 28 heavy (non-hydrogen) atoms. The fourth-order valence-electron chi connectivity index (χ4n) is 3.24. The number of nitrogens with one attached hydrogen (secondary N) is 1. The summed E-state index contributed by atoms with van der Waals surface area (Å²) in [6.45, 7) is 1.11. The summed E-state index contributed by atoms with van der Waals surface area (Å²) in [4.78, 5) is 20.7. The molecule has 1 aliphatic carbocycles. The number of halogens is 2. The van der Waals surface area contributed by atoms with Crippen molar-refractivity contribution >= 4 is 5.91 Å². The van der Waals surface area contributed by atoms with Crippen LogP contribution in [0.3, 0.4) is 0 Å². The molecule has 0 bridgehead atoms. The van der Waals surface area contributed by atoms with E-state index in [4.69, 9.17) is 9.47 Å². The zero-order valence-corrected chi connectivity index (χ0v) is 15.7. The van der Waals surface area contributed by atoms with Gasteiger partial charge in [-0.25, -0.2) is 18.7 Å². The van der Waals surface area contributed by atoms with Crippen molar-refractivity contribution in [1.29, 1.82) is 0 Å². The highest BCUT2D eigenvalue weighted by atomic mass is 19.3. The lowest BCUT2D eigenvalue weighted by Crippen LogP contribution is -2.39. The predicted molar refractivity (Wildman–Crippen MR) is 97.7 cm³/mol. The zero-order chi connectivity index (χ0) is 19.9. The van der Waals surface area contributed by atoms with E-state index in [1.165, 1.54) is 23.2 Å². The highest BCUT2D eigenvalue weighted by Gasteiger charge is 2.24. The number of hydrogen-bond acceptors (Lipinski definition) is 5. The Morgan fingerprint density at radius 2 is 2.07 bits per heavy atom. The molecule has 2 heterocycles. The standard InChI is InChI=1S/C19H24F2N4O3/c1-27-8-9-28-15-4-2-14(3-5-15)23-19(26)16-10-13(18(20)21)11-17(24-16)25-7-6-22-12-25/h6-7,10-12,14-15,18H,2-5,8-9H2,1H3,(H,23,26)/t14-,15-. The first-order valence-corrected chi connectivity index (χ1v) is 9.26. The average Bonchev–Trinajstić information content (AvgIpc) is 3.24. The summed E-state index contributed by atoms with van der Waals surface area (Å²) in [5.41, 5.74) is -0.279. The minimum Gasteiger partial charge on any atom is -0.382 e. The van der Waals surface area contributed by atoms with Gasteiger partial charge in [-0.15, -0.1) is 0 Å². The Labute approximate surface area is 162 Å². The van der Waals surface area contributed by atoms with Crippen molar-refractivity contribution in [3.8, 4) is 5.82 Å². The number of nitrogens with zero attached hydrogens (tertiary/aromatic N) is 3. The molecular weight excluding hydrogens is 370 g/mol. The molecule has 0 aromatic carbocycles. The first kappa shape index (κ1) is 20.3. The molecule has 0 unspecified atom stereocenters. The minimum absolute atomic E-state index is 0.0246. The minimum atomic E-state index is -2.70. The molecule has 0 saturated heterocycles. The van der Waals surface area contributed by atoms with Crippen LogP contribution in [0.2, 0.25) is 0 Å². The number of alkyl halides is 2. The molecule has 0 aliphatic heterocycles. The number of methoxy groups -OCH3 is 1. The quantitative estimate of drug-likeness (QED) is 0.697. The molecule has 0 atom stereocenters. The lowest BCUT2D eigenvalue weighted by atomic mass is 9.93. The van der Waals surface area contributed by atoms with Crippen LogP contribution < -0.4 is 5.32 Å². The maximum Gasteiger partial charge on any atom is 0.270 e. The Bertz CT molecular complexity index is 763. The van der Waals surface area contributed by atoms with Crippen LogP contribution in [0.25, 0.3) is 5.82 Å². The third kappa shape index (κ3) is 5.32. The van der Waals surface area contributed by atoms with Crippen molar-refractivity contribution in [3.63, 3.8) is 0 Å². The number of ether oxygens (including phenoxy) is 2. The molecule has 152 valence electrons. The van der Waals surface area contributed by atoms with Crippen molar-refractivity contribution in [2.45, 2.75) is 44.3 Å². The lowest BCUT2D eigenvalue weighted by Gasteiger charge is -2.29. The normalized spacial score (nSPS) is 19.7. The summed E-state index contributed by atoms with van der Waals surface area (Å²) in [5, 5.41) is 2.91. The van der Waals surface area contributed by atoms with Crippen molar-refractivity contribution in [3.05, 3.63) is 42.1 Å². The first-order valence-electron chi connectivity index (χ1n) is 9.26. The molecule has 1 aliphatic rings. The molecule has 0 radical (unpaired) electrons. The predicted octanol–water partition coefficient (Wildman–Crippen LogP) is 2.91. The summed E-state index contributed by atoms with van der Waals surface area (Å²) < 4.78 is 38.7. The van der Waals surface area contributed by atoms with Gasteiger partial charge in [-0.05, 0) is 37.8 Å². The van der Waals surface area contributed by atoms with Crippen LogP contribution in [-0.2, 0) is 9.47 Å². The number of aromatic nitrogens is 3. The third-order valence-corrected chi connectivity index (χ3v) is 4.74. The second-order valence-corrected chi connectivity index (χ2v) is 6.73. The summed E-state index contributed by atoms with van der Waals surface area (Å²) in [5.74, 6) is -0.219. The Balaban J connectivity index is 1.63. The Hall–Kier alpha value is -2.39. The number of carbonyl (C=O) groups excluding carboxylic acids is 1. The van der Waals surface area contributed by atoms with E-state index in [9.17, 15) is 13.6 Å². The molecule has 7 nitrogen and oxygen atoms in total. The SMILES string of the molecule is COCCO[C@H]1CC[C@H](NC(=O)c2cc(C(F)F)cc(-n3ccnc3)n2)CC1. The Morgan fingerprint density at radius 3 is 2.71 bits per heavy atom. The summed E-state index contributed by atoms with van der Waals surface area (Å²) in [6.07, 6.45) is 5.22. The molecule has 9 heteroatoms. The van der Waals surface area contributed by atoms with Crippen LogP contribution in [0.5, 0.6) is 0 Å². The van der Waals surface area contributed by atoms with E-state index in [0.717, 1.165) is 31.7 Å². The highest BCUT2D eigenvalue weighted by Crippen LogP contribution is 2.23. The monoisotopic (exact) mass is 394 g/mol. The highest BCUT2D eigenvalue weighted by molar-refractivity contribution is 5.92. The van der Waals surface area contributed by atoms with Crippen LogP contribution in [0.1, 0.15) is 48.2 Å². The number of imidazole rings is 1. The second kappa shape index (κ2) is 9.70. The van der Waals surface area contributed by atoms with E-state index in [0.29, 0.717) is 13.2 Å². The van der Waals surface area contributed by atoms with Crippen molar-refractivity contribution in [1.82, 2.24) is 19.9 Å². The smallest absolute Gasteiger partial charge is 0.270 e. The van der Waals surface area contributed by atoms with Gasteiger partial charge in [0.1, 0.15) is 17.8 Å². The van der Waals surface area contributed by atoms with Gasteiger partial charge in [0.2, 0.25) is 0 Å². The lowest BCUT2D eigenvalue weighted by molar-refractivity contribution is -0.00409. The number of rotatable bonds is 8. The third-order valence-electron chi connectivity index (χ3n) is 4.74. The van der Waals surface area contributed by atoms with Gasteiger partial charge in [-0.1, -0.05) is 0 Å². The van der Waals surface area contributed by atoms with Gasteiger partial charge in [0, 0.05) is 31.1 Å². The molecule has 1 fully saturated rings. The van der Waals surface area contributed by atoms with Crippen LogP contribution >= 0.6 is 0 Å².